The largest absolute Gasteiger partial charge is 0.481 e. The van der Waals surface area contributed by atoms with Gasteiger partial charge in [0.15, 0.2) is 5.82 Å². The molecule has 0 aromatic heterocycles. The molecular weight excluding hydrogens is 451 g/mol. The number of nitrogens with one attached hydrogen (secondary N) is 2. The maximum atomic E-state index is 15.0. The molecule has 0 unspecified atom stereocenters. The van der Waals surface area contributed by atoms with Gasteiger partial charge in [-0.3, -0.25) is 14.9 Å². The molecule has 0 bridgehead atoms. The summed E-state index contributed by atoms with van der Waals surface area (Å²) in [4.78, 5) is 35.9. The number of aliphatic carboxylic acids is 1. The van der Waals surface area contributed by atoms with Gasteiger partial charge in [0.2, 0.25) is 0 Å². The second kappa shape index (κ2) is 10.4. The van der Waals surface area contributed by atoms with Gasteiger partial charge in [-0.2, -0.15) is 0 Å². The average Bonchev–Trinajstić information content (AvgIpc) is 3.17. The van der Waals surface area contributed by atoms with Crippen molar-refractivity contribution in [3.63, 3.8) is 0 Å². The van der Waals surface area contributed by atoms with Crippen LogP contribution in [0.2, 0.25) is 0 Å². The first kappa shape index (κ1) is 23.9. The van der Waals surface area contributed by atoms with Crippen LogP contribution < -0.4 is 10.6 Å². The van der Waals surface area contributed by atoms with Crippen molar-refractivity contribution < 1.29 is 28.6 Å². The lowest BCUT2D eigenvalue weighted by Gasteiger charge is -2.17. The third-order valence-electron chi connectivity index (χ3n) is 6.07. The van der Waals surface area contributed by atoms with E-state index in [1.54, 1.807) is 6.92 Å². The van der Waals surface area contributed by atoms with E-state index in [1.165, 1.54) is 18.2 Å². The lowest BCUT2D eigenvalue weighted by atomic mass is 9.98. The molecule has 0 heterocycles. The molecule has 0 aliphatic heterocycles. The number of carbonyl (C=O) groups excluding carboxylic acids is 2. The zero-order valence-electron chi connectivity index (χ0n) is 19.1. The number of anilines is 1. The van der Waals surface area contributed by atoms with E-state index in [0.717, 1.165) is 22.3 Å². The predicted octanol–water partition coefficient (Wildman–Crippen LogP) is 5.17. The van der Waals surface area contributed by atoms with E-state index in [1.807, 2.05) is 48.5 Å². The monoisotopic (exact) mass is 476 g/mol. The minimum atomic E-state index is -1.07. The summed E-state index contributed by atoms with van der Waals surface area (Å²) in [5.41, 5.74) is 3.79. The molecule has 1 aliphatic rings. The van der Waals surface area contributed by atoms with Crippen LogP contribution in [-0.4, -0.2) is 35.7 Å². The Bertz CT molecular complexity index is 1230. The van der Waals surface area contributed by atoms with Crippen LogP contribution >= 0.6 is 0 Å². The normalized spacial score (nSPS) is 12.9. The quantitative estimate of drug-likeness (QED) is 0.416. The molecule has 0 radical (unpaired) electrons. The van der Waals surface area contributed by atoms with Crippen LogP contribution in [-0.2, 0) is 9.53 Å². The highest BCUT2D eigenvalue weighted by atomic mass is 19.1. The fourth-order valence-corrected chi connectivity index (χ4v) is 4.32. The molecule has 1 atom stereocenters. The number of carboxylic acid groups (broad SMARTS) is 1. The summed E-state index contributed by atoms with van der Waals surface area (Å²) in [6, 6.07) is 19.2. The zero-order chi connectivity index (χ0) is 24.9. The van der Waals surface area contributed by atoms with Crippen LogP contribution in [0, 0.1) is 5.82 Å². The van der Waals surface area contributed by atoms with Gasteiger partial charge < -0.3 is 15.2 Å². The molecule has 8 heteroatoms. The molecule has 180 valence electrons. The topological polar surface area (TPSA) is 105 Å². The number of fused-ring (bicyclic) bond motifs is 3. The molecule has 7 nitrogen and oxygen atoms in total. The fourth-order valence-electron chi connectivity index (χ4n) is 4.32. The van der Waals surface area contributed by atoms with Gasteiger partial charge in [-0.1, -0.05) is 61.5 Å². The number of carboxylic acids is 1. The second-order valence-electron chi connectivity index (χ2n) is 8.29. The summed E-state index contributed by atoms with van der Waals surface area (Å²) in [6.45, 7) is 1.79. The molecule has 3 N–H and O–H groups in total. The Morgan fingerprint density at radius 3 is 2.20 bits per heavy atom. The number of hydrogen-bond donors (Lipinski definition) is 3. The predicted molar refractivity (Wildman–Crippen MR) is 129 cm³/mol. The summed E-state index contributed by atoms with van der Waals surface area (Å²) in [7, 11) is 0. The van der Waals surface area contributed by atoms with Crippen molar-refractivity contribution in [3.8, 4) is 11.1 Å². The number of amides is 2. The molecule has 4 rings (SSSR count). The number of hydrogen-bond acceptors (Lipinski definition) is 4. The van der Waals surface area contributed by atoms with Gasteiger partial charge in [-0.25, -0.2) is 9.18 Å². The van der Waals surface area contributed by atoms with E-state index in [2.05, 4.69) is 10.6 Å². The number of rotatable bonds is 8. The van der Waals surface area contributed by atoms with Crippen LogP contribution in [0.3, 0.4) is 0 Å². The number of ether oxygens (including phenoxy) is 1. The lowest BCUT2D eigenvalue weighted by molar-refractivity contribution is -0.137. The maximum absolute atomic E-state index is 15.0. The van der Waals surface area contributed by atoms with E-state index < -0.39 is 29.8 Å². The third kappa shape index (κ3) is 5.16. The molecule has 1 aliphatic carbocycles. The van der Waals surface area contributed by atoms with E-state index in [4.69, 9.17) is 9.84 Å². The van der Waals surface area contributed by atoms with E-state index in [-0.39, 0.29) is 30.2 Å². The zero-order valence-corrected chi connectivity index (χ0v) is 19.1. The Hall–Kier alpha value is -4.20. The molecule has 3 aromatic rings. The van der Waals surface area contributed by atoms with Gasteiger partial charge in [0, 0.05) is 12.0 Å². The van der Waals surface area contributed by atoms with Crippen molar-refractivity contribution in [2.45, 2.75) is 31.7 Å². The van der Waals surface area contributed by atoms with Gasteiger partial charge in [0.1, 0.15) is 6.61 Å². The van der Waals surface area contributed by atoms with Gasteiger partial charge in [0.05, 0.1) is 17.7 Å². The number of benzene rings is 3. The Morgan fingerprint density at radius 1 is 0.971 bits per heavy atom. The van der Waals surface area contributed by atoms with Crippen molar-refractivity contribution in [3.05, 3.63) is 89.2 Å². The molecular formula is C27H25FN2O5. The standard InChI is InChI=1S/C27H25FN2O5/c1-2-16(14-24(31)32)29-26(33)21-12-7-13-23(25(21)28)30-27(34)35-15-22-19-10-5-3-8-17(19)18-9-4-6-11-20(18)22/h3-13,16,22H,2,14-15H2,1H3,(H,29,33)(H,30,34)(H,31,32)/t16-/m1/s1. The highest BCUT2D eigenvalue weighted by molar-refractivity contribution is 5.97. The lowest BCUT2D eigenvalue weighted by Crippen LogP contribution is -2.36. The molecule has 2 amide bonds. The summed E-state index contributed by atoms with van der Waals surface area (Å²) < 4.78 is 20.4. The third-order valence-corrected chi connectivity index (χ3v) is 6.07. The van der Waals surface area contributed by atoms with Crippen LogP contribution in [0.25, 0.3) is 11.1 Å². The molecule has 0 saturated heterocycles. The smallest absolute Gasteiger partial charge is 0.411 e. The Kier molecular flexibility index (Phi) is 7.10. The summed E-state index contributed by atoms with van der Waals surface area (Å²) in [5, 5.41) is 13.8. The first-order chi connectivity index (χ1) is 16.9. The van der Waals surface area contributed by atoms with Crippen molar-refractivity contribution in [1.29, 1.82) is 0 Å². The molecule has 35 heavy (non-hydrogen) atoms. The first-order valence-electron chi connectivity index (χ1n) is 11.3. The van der Waals surface area contributed by atoms with Gasteiger partial charge in [0.25, 0.3) is 5.91 Å². The SMILES string of the molecule is CC[C@H](CC(=O)O)NC(=O)c1cccc(NC(=O)OCC2c3ccccc3-c3ccccc32)c1F. The highest BCUT2D eigenvalue weighted by Crippen LogP contribution is 2.44. The summed E-state index contributed by atoms with van der Waals surface area (Å²) in [5.74, 6) is -2.89. The van der Waals surface area contributed by atoms with Gasteiger partial charge >= 0.3 is 12.1 Å². The molecule has 3 aromatic carbocycles. The van der Waals surface area contributed by atoms with Crippen molar-refractivity contribution in [2.24, 2.45) is 0 Å². The molecule has 0 fully saturated rings. The maximum Gasteiger partial charge on any atom is 0.411 e. The highest BCUT2D eigenvalue weighted by Gasteiger charge is 2.29. The fraction of sp³-hybridized carbons (Fsp3) is 0.222. The number of carbonyl (C=O) groups is 3. The summed E-state index contributed by atoms with van der Waals surface area (Å²) >= 11 is 0. The van der Waals surface area contributed by atoms with Crippen molar-refractivity contribution >= 4 is 23.7 Å². The Morgan fingerprint density at radius 2 is 1.60 bits per heavy atom. The minimum Gasteiger partial charge on any atom is -0.481 e. The van der Waals surface area contributed by atoms with Gasteiger partial charge in [-0.05, 0) is 40.8 Å². The average molecular weight is 477 g/mol. The van der Waals surface area contributed by atoms with Crippen LogP contribution in [0.15, 0.2) is 66.7 Å². The first-order valence-corrected chi connectivity index (χ1v) is 11.3. The van der Waals surface area contributed by atoms with E-state index in [9.17, 15) is 18.8 Å². The number of halogens is 1. The molecule has 0 saturated carbocycles. The Balaban J connectivity index is 1.43. The summed E-state index contributed by atoms with van der Waals surface area (Å²) in [6.07, 6.45) is -0.751. The Labute approximate surface area is 201 Å². The van der Waals surface area contributed by atoms with Gasteiger partial charge in [-0.15, -0.1) is 0 Å². The van der Waals surface area contributed by atoms with Crippen molar-refractivity contribution in [1.82, 2.24) is 5.32 Å². The van der Waals surface area contributed by atoms with E-state index in [0.29, 0.717) is 6.42 Å². The minimum absolute atomic E-state index is 0.0645. The van der Waals surface area contributed by atoms with Crippen molar-refractivity contribution in [2.75, 3.05) is 11.9 Å². The van der Waals surface area contributed by atoms with Crippen LogP contribution in [0.4, 0.5) is 14.9 Å². The second-order valence-corrected chi connectivity index (χ2v) is 8.29. The van der Waals surface area contributed by atoms with Crippen LogP contribution in [0.5, 0.6) is 0 Å². The molecule has 0 spiro atoms. The van der Waals surface area contributed by atoms with Crippen LogP contribution in [0.1, 0.15) is 47.2 Å². The van der Waals surface area contributed by atoms with E-state index >= 15 is 0 Å².